The van der Waals surface area contributed by atoms with Gasteiger partial charge in [-0.25, -0.2) is 0 Å². The molecular formula is C19H31Cl2N3O2. The second-order valence-corrected chi connectivity index (χ2v) is 7.34. The highest BCUT2D eigenvalue weighted by Crippen LogP contribution is 2.18. The molecule has 1 aromatic carbocycles. The van der Waals surface area contributed by atoms with Gasteiger partial charge in [-0.15, -0.1) is 24.8 Å². The SMILES string of the molecule is CC1CCN(Cc2ccc(CNC(=O)C3CC(O)CN3)cc2)CC1.Cl.Cl. The smallest absolute Gasteiger partial charge is 0.237 e. The van der Waals surface area contributed by atoms with Crippen LogP contribution in [0.15, 0.2) is 24.3 Å². The number of nitrogens with zero attached hydrogens (tertiary/aromatic N) is 1. The van der Waals surface area contributed by atoms with Gasteiger partial charge in [-0.2, -0.15) is 0 Å². The van der Waals surface area contributed by atoms with E-state index in [-0.39, 0.29) is 36.8 Å². The summed E-state index contributed by atoms with van der Waals surface area (Å²) < 4.78 is 0. The third-order valence-corrected chi connectivity index (χ3v) is 5.20. The molecule has 0 radical (unpaired) electrons. The molecule has 2 fully saturated rings. The van der Waals surface area contributed by atoms with Crippen LogP contribution in [-0.2, 0) is 17.9 Å². The minimum absolute atomic E-state index is 0. The van der Waals surface area contributed by atoms with Gasteiger partial charge in [-0.05, 0) is 49.4 Å². The summed E-state index contributed by atoms with van der Waals surface area (Å²) in [6.07, 6.45) is 2.69. The highest BCUT2D eigenvalue weighted by atomic mass is 35.5. The van der Waals surface area contributed by atoms with Crippen molar-refractivity contribution in [2.45, 2.75) is 51.4 Å². The Morgan fingerprint density at radius 3 is 2.38 bits per heavy atom. The van der Waals surface area contributed by atoms with E-state index >= 15 is 0 Å². The molecule has 2 unspecified atom stereocenters. The number of benzene rings is 1. The highest BCUT2D eigenvalue weighted by molar-refractivity contribution is 5.85. The molecule has 0 spiro atoms. The number of aliphatic hydroxyl groups excluding tert-OH is 1. The number of aliphatic hydroxyl groups is 1. The zero-order valence-corrected chi connectivity index (χ0v) is 17.0. The van der Waals surface area contributed by atoms with Crippen LogP contribution in [0.1, 0.15) is 37.3 Å². The highest BCUT2D eigenvalue weighted by Gasteiger charge is 2.27. The van der Waals surface area contributed by atoms with Gasteiger partial charge in [0.2, 0.25) is 5.91 Å². The first-order chi connectivity index (χ1) is 11.6. The first-order valence-corrected chi connectivity index (χ1v) is 9.09. The van der Waals surface area contributed by atoms with E-state index in [9.17, 15) is 9.90 Å². The van der Waals surface area contributed by atoms with Crippen LogP contribution in [0, 0.1) is 5.92 Å². The Morgan fingerprint density at radius 2 is 1.81 bits per heavy atom. The summed E-state index contributed by atoms with van der Waals surface area (Å²) in [5.74, 6) is 0.834. The normalized spacial score (nSPS) is 23.8. The lowest BCUT2D eigenvalue weighted by Crippen LogP contribution is -2.40. The van der Waals surface area contributed by atoms with Crippen LogP contribution in [0.25, 0.3) is 0 Å². The van der Waals surface area contributed by atoms with Gasteiger partial charge in [0.25, 0.3) is 0 Å². The molecule has 26 heavy (non-hydrogen) atoms. The van der Waals surface area contributed by atoms with E-state index in [4.69, 9.17) is 0 Å². The average Bonchev–Trinajstić information content (AvgIpc) is 3.03. The molecule has 5 nitrogen and oxygen atoms in total. The summed E-state index contributed by atoms with van der Waals surface area (Å²) in [5, 5.41) is 15.4. The van der Waals surface area contributed by atoms with Crippen molar-refractivity contribution < 1.29 is 9.90 Å². The summed E-state index contributed by atoms with van der Waals surface area (Å²) in [7, 11) is 0. The summed E-state index contributed by atoms with van der Waals surface area (Å²) in [6, 6.07) is 8.26. The molecule has 0 aliphatic carbocycles. The van der Waals surface area contributed by atoms with E-state index in [1.54, 1.807) is 0 Å². The van der Waals surface area contributed by atoms with Crippen molar-refractivity contribution in [2.24, 2.45) is 5.92 Å². The maximum absolute atomic E-state index is 12.0. The maximum Gasteiger partial charge on any atom is 0.237 e. The minimum Gasteiger partial charge on any atom is -0.392 e. The van der Waals surface area contributed by atoms with E-state index in [0.717, 1.165) is 18.0 Å². The lowest BCUT2D eigenvalue weighted by Gasteiger charge is -2.30. The molecule has 0 saturated carbocycles. The zero-order chi connectivity index (χ0) is 16.9. The number of hydrogen-bond acceptors (Lipinski definition) is 4. The number of hydrogen-bond donors (Lipinski definition) is 3. The quantitative estimate of drug-likeness (QED) is 0.704. The van der Waals surface area contributed by atoms with Gasteiger partial charge in [0.1, 0.15) is 0 Å². The van der Waals surface area contributed by atoms with Crippen LogP contribution < -0.4 is 10.6 Å². The molecule has 0 bridgehead atoms. The predicted molar refractivity (Wildman–Crippen MR) is 109 cm³/mol. The van der Waals surface area contributed by atoms with Gasteiger partial charge >= 0.3 is 0 Å². The number of halogens is 2. The molecule has 3 N–H and O–H groups in total. The largest absolute Gasteiger partial charge is 0.392 e. The van der Waals surface area contributed by atoms with Crippen molar-refractivity contribution in [1.82, 2.24) is 15.5 Å². The Morgan fingerprint density at radius 1 is 1.19 bits per heavy atom. The number of β-amino-alcohol motifs (C(OH)–C–C–N with tert-alkyl or cyclic N) is 1. The average molecular weight is 404 g/mol. The summed E-state index contributed by atoms with van der Waals surface area (Å²) >= 11 is 0. The molecule has 2 aliphatic heterocycles. The zero-order valence-electron chi connectivity index (χ0n) is 15.3. The Balaban J connectivity index is 0.00000169. The summed E-state index contributed by atoms with van der Waals surface area (Å²) in [6.45, 7) is 6.78. The van der Waals surface area contributed by atoms with Gasteiger partial charge in [0, 0.05) is 19.6 Å². The van der Waals surface area contributed by atoms with E-state index in [0.29, 0.717) is 19.5 Å². The van der Waals surface area contributed by atoms with Crippen LogP contribution >= 0.6 is 24.8 Å². The third-order valence-electron chi connectivity index (χ3n) is 5.20. The summed E-state index contributed by atoms with van der Waals surface area (Å²) in [4.78, 5) is 14.6. The molecule has 7 heteroatoms. The molecule has 1 aromatic rings. The van der Waals surface area contributed by atoms with Crippen molar-refractivity contribution in [3.05, 3.63) is 35.4 Å². The van der Waals surface area contributed by atoms with Crippen LogP contribution in [0.2, 0.25) is 0 Å². The monoisotopic (exact) mass is 403 g/mol. The molecule has 2 atom stereocenters. The summed E-state index contributed by atoms with van der Waals surface area (Å²) in [5.41, 5.74) is 2.44. The number of piperidine rings is 1. The molecule has 1 amide bonds. The number of likely N-dealkylation sites (tertiary alicyclic amines) is 1. The second-order valence-electron chi connectivity index (χ2n) is 7.34. The first kappa shape index (κ1) is 23.2. The molecule has 3 rings (SSSR count). The Bertz CT molecular complexity index is 548. The number of nitrogens with one attached hydrogen (secondary N) is 2. The lowest BCUT2D eigenvalue weighted by atomic mass is 9.99. The Labute approximate surface area is 168 Å². The molecule has 2 heterocycles. The minimum atomic E-state index is -0.405. The van der Waals surface area contributed by atoms with Crippen LogP contribution in [-0.4, -0.2) is 47.7 Å². The number of carbonyl (C=O) groups is 1. The van der Waals surface area contributed by atoms with E-state index in [1.807, 2.05) is 0 Å². The van der Waals surface area contributed by atoms with Gasteiger partial charge in [-0.1, -0.05) is 31.2 Å². The van der Waals surface area contributed by atoms with Gasteiger partial charge in [0.15, 0.2) is 0 Å². The maximum atomic E-state index is 12.0. The molecule has 0 aromatic heterocycles. The molecule has 2 saturated heterocycles. The van der Waals surface area contributed by atoms with E-state index in [1.165, 1.54) is 31.5 Å². The predicted octanol–water partition coefficient (Wildman–Crippen LogP) is 2.10. The molecule has 148 valence electrons. The van der Waals surface area contributed by atoms with Gasteiger partial charge in [-0.3, -0.25) is 9.69 Å². The molecular weight excluding hydrogens is 373 g/mol. The Hall–Kier alpha value is -0.850. The number of rotatable bonds is 5. The topological polar surface area (TPSA) is 64.6 Å². The third kappa shape index (κ3) is 6.71. The fraction of sp³-hybridized carbons (Fsp3) is 0.632. The fourth-order valence-electron chi connectivity index (χ4n) is 3.47. The van der Waals surface area contributed by atoms with Crippen LogP contribution in [0.5, 0.6) is 0 Å². The molecule has 2 aliphatic rings. The van der Waals surface area contributed by atoms with Gasteiger partial charge in [0.05, 0.1) is 12.1 Å². The number of carbonyl (C=O) groups excluding carboxylic acids is 1. The van der Waals surface area contributed by atoms with E-state index < -0.39 is 6.10 Å². The van der Waals surface area contributed by atoms with Crippen molar-refractivity contribution in [3.63, 3.8) is 0 Å². The number of amides is 1. The van der Waals surface area contributed by atoms with Crippen molar-refractivity contribution in [2.75, 3.05) is 19.6 Å². The lowest BCUT2D eigenvalue weighted by molar-refractivity contribution is -0.123. The standard InChI is InChI=1S/C19H29N3O2.2ClH/c1-14-6-8-22(9-7-14)13-16-4-2-15(3-5-16)11-21-19(24)18-10-17(23)12-20-18;;/h2-5,14,17-18,20,23H,6-13H2,1H3,(H,21,24);2*1H. The van der Waals surface area contributed by atoms with E-state index in [2.05, 4.69) is 46.7 Å². The fourth-order valence-corrected chi connectivity index (χ4v) is 3.47. The van der Waals surface area contributed by atoms with Crippen molar-refractivity contribution >= 4 is 30.7 Å². The first-order valence-electron chi connectivity index (χ1n) is 9.09. The van der Waals surface area contributed by atoms with Crippen LogP contribution in [0.4, 0.5) is 0 Å². The van der Waals surface area contributed by atoms with Crippen LogP contribution in [0.3, 0.4) is 0 Å². The van der Waals surface area contributed by atoms with Crippen molar-refractivity contribution in [3.8, 4) is 0 Å². The Kier molecular flexibility index (Phi) is 9.90. The second kappa shape index (κ2) is 11.1. The van der Waals surface area contributed by atoms with Gasteiger partial charge < -0.3 is 15.7 Å². The van der Waals surface area contributed by atoms with Crippen molar-refractivity contribution in [1.29, 1.82) is 0 Å².